The number of hydrogen-bond donors (Lipinski definition) is 4. The van der Waals surface area contributed by atoms with E-state index in [1.165, 1.54) is 9.91 Å². The van der Waals surface area contributed by atoms with E-state index in [-0.39, 0.29) is 24.4 Å². The van der Waals surface area contributed by atoms with E-state index in [1.54, 1.807) is 12.2 Å². The number of halogens is 2. The Hall–Kier alpha value is -2.83. The number of rotatable bonds is 11. The van der Waals surface area contributed by atoms with Gasteiger partial charge in [-0.25, -0.2) is 24.6 Å². The second-order valence-corrected chi connectivity index (χ2v) is 7.26. The third-order valence-corrected chi connectivity index (χ3v) is 4.74. The smallest absolute Gasteiger partial charge is 0.282 e. The Balaban J connectivity index is 1.76. The summed E-state index contributed by atoms with van der Waals surface area (Å²) in [6, 6.07) is -0.0924. The maximum Gasteiger partial charge on any atom is 0.282 e. The highest BCUT2D eigenvalue weighted by Crippen LogP contribution is 2.28. The zero-order valence-corrected chi connectivity index (χ0v) is 17.3. The predicted molar refractivity (Wildman–Crippen MR) is 113 cm³/mol. The van der Waals surface area contributed by atoms with Gasteiger partial charge in [0.1, 0.15) is 6.73 Å². The van der Waals surface area contributed by atoms with Crippen LogP contribution in [0.3, 0.4) is 0 Å². The Morgan fingerprint density at radius 2 is 2.26 bits per heavy atom. The van der Waals surface area contributed by atoms with Crippen LogP contribution in [0.15, 0.2) is 46.6 Å². The summed E-state index contributed by atoms with van der Waals surface area (Å²) in [6.07, 6.45) is 6.85. The molecule has 1 aliphatic carbocycles. The summed E-state index contributed by atoms with van der Waals surface area (Å²) in [6.45, 7) is 6.12. The van der Waals surface area contributed by atoms with Gasteiger partial charge in [0.05, 0.1) is 31.6 Å². The van der Waals surface area contributed by atoms with Gasteiger partial charge in [0.2, 0.25) is 11.9 Å². The number of aldehydes is 1. The number of nitrogens with two attached hydrogens (primary N) is 1. The van der Waals surface area contributed by atoms with Crippen molar-refractivity contribution in [1.82, 2.24) is 25.9 Å². The molecule has 0 aromatic heterocycles. The van der Waals surface area contributed by atoms with E-state index in [0.717, 1.165) is 6.54 Å². The first-order valence-corrected chi connectivity index (χ1v) is 9.96. The van der Waals surface area contributed by atoms with Gasteiger partial charge in [-0.15, -0.1) is 6.58 Å². The van der Waals surface area contributed by atoms with E-state index in [0.29, 0.717) is 19.0 Å². The molecule has 5 N–H and O–H groups in total. The molecule has 0 aromatic rings. The number of likely N-dealkylation sites (tertiary alicyclic amines) is 1. The summed E-state index contributed by atoms with van der Waals surface area (Å²) in [5.74, 6) is 3.53. The molecule has 3 rings (SSSR count). The Labute approximate surface area is 179 Å². The average molecular weight is 438 g/mol. The van der Waals surface area contributed by atoms with E-state index in [2.05, 4.69) is 32.5 Å². The number of nitrogens with zero attached hydrogens (tertiary/aromatic N) is 4. The molecule has 0 radical (unpaired) electrons. The molecule has 0 saturated carbocycles. The van der Waals surface area contributed by atoms with Crippen molar-refractivity contribution in [3.63, 3.8) is 0 Å². The van der Waals surface area contributed by atoms with Gasteiger partial charge < -0.3 is 15.0 Å². The number of carbonyl (C=O) groups excluding carboxylic acids is 1. The molecule has 2 atom stereocenters. The van der Waals surface area contributed by atoms with Gasteiger partial charge in [-0.05, 0) is 12.6 Å². The number of guanidine groups is 2. The largest absolute Gasteiger partial charge is 0.360 e. The molecular weight excluding hydrogens is 410 g/mol. The van der Waals surface area contributed by atoms with Gasteiger partial charge in [-0.3, -0.25) is 20.4 Å². The van der Waals surface area contributed by atoms with Crippen molar-refractivity contribution < 1.29 is 18.3 Å². The third-order valence-electron chi connectivity index (χ3n) is 4.74. The first kappa shape index (κ1) is 22.8. The van der Waals surface area contributed by atoms with Crippen LogP contribution in [0, 0.1) is 5.92 Å². The molecule has 1 saturated heterocycles. The standard InChI is InChI=1S/C19H28F2N8O2/c1-3-13(7-15(8-30)24-12-31-11-23-4-2)16-26-17(28-9-19(20,21)10-28)27-18(29(16)22)25-14-5-6-14/h3,5-8,13-14,16,23-24H,1,4,9-12,22H2,2H3,(H,25,26,27)/b15-7-. The lowest BCUT2D eigenvalue weighted by Crippen LogP contribution is -2.67. The van der Waals surface area contributed by atoms with Crippen LogP contribution < -0.4 is 21.8 Å². The first-order valence-electron chi connectivity index (χ1n) is 9.96. The number of carbonyl (C=O) groups is 1. The van der Waals surface area contributed by atoms with Crippen LogP contribution in [-0.4, -0.2) is 79.3 Å². The average Bonchev–Trinajstić information content (AvgIpc) is 3.54. The van der Waals surface area contributed by atoms with Gasteiger partial charge in [0.25, 0.3) is 5.92 Å². The van der Waals surface area contributed by atoms with Crippen LogP contribution in [0.4, 0.5) is 8.78 Å². The van der Waals surface area contributed by atoms with Crippen LogP contribution in [0.2, 0.25) is 0 Å². The minimum atomic E-state index is -2.76. The Bertz CT molecular complexity index is 784. The van der Waals surface area contributed by atoms with Crippen molar-refractivity contribution in [3.8, 4) is 0 Å². The Morgan fingerprint density at radius 3 is 2.84 bits per heavy atom. The molecule has 31 heavy (non-hydrogen) atoms. The number of hydrogen-bond acceptors (Lipinski definition) is 8. The van der Waals surface area contributed by atoms with Gasteiger partial charge in [-0.2, -0.15) is 0 Å². The number of hydrazine groups is 1. The third kappa shape index (κ3) is 6.09. The summed E-state index contributed by atoms with van der Waals surface area (Å²) >= 11 is 0. The molecule has 1 fully saturated rings. The van der Waals surface area contributed by atoms with Crippen molar-refractivity contribution in [2.45, 2.75) is 25.1 Å². The molecular formula is C19H28F2N8O2. The van der Waals surface area contributed by atoms with Crippen molar-refractivity contribution in [3.05, 3.63) is 36.6 Å². The molecule has 0 bridgehead atoms. The molecule has 3 aliphatic rings. The summed E-state index contributed by atoms with van der Waals surface area (Å²) in [5, 5.41) is 10.1. The quantitative estimate of drug-likeness (QED) is 0.0868. The normalized spacial score (nSPS) is 24.9. The topological polar surface area (TPSA) is 120 Å². The lowest BCUT2D eigenvalue weighted by atomic mass is 10.0. The lowest BCUT2D eigenvalue weighted by molar-refractivity contribution is -0.105. The van der Waals surface area contributed by atoms with Crippen LogP contribution in [-0.2, 0) is 9.53 Å². The van der Waals surface area contributed by atoms with Crippen molar-refractivity contribution in [1.29, 1.82) is 0 Å². The minimum absolute atomic E-state index is 0.0924. The van der Waals surface area contributed by atoms with Gasteiger partial charge in [-0.1, -0.05) is 25.2 Å². The fourth-order valence-corrected chi connectivity index (χ4v) is 2.96. The number of ether oxygens (including phenoxy) is 1. The molecule has 12 heteroatoms. The number of nitrogens with one attached hydrogen (secondary N) is 3. The zero-order valence-electron chi connectivity index (χ0n) is 17.3. The molecule has 170 valence electrons. The highest BCUT2D eigenvalue weighted by Gasteiger charge is 2.47. The van der Waals surface area contributed by atoms with Crippen LogP contribution in [0.5, 0.6) is 0 Å². The summed E-state index contributed by atoms with van der Waals surface area (Å²) in [7, 11) is 0. The van der Waals surface area contributed by atoms with Crippen LogP contribution in [0.1, 0.15) is 6.92 Å². The first-order chi connectivity index (χ1) is 14.9. The zero-order chi connectivity index (χ0) is 22.4. The van der Waals surface area contributed by atoms with Crippen molar-refractivity contribution in [2.24, 2.45) is 21.7 Å². The molecule has 2 aliphatic heterocycles. The highest BCUT2D eigenvalue weighted by molar-refractivity contribution is 6.01. The fraction of sp³-hybridized carbons (Fsp3) is 0.526. The Morgan fingerprint density at radius 1 is 1.52 bits per heavy atom. The van der Waals surface area contributed by atoms with Gasteiger partial charge in [0, 0.05) is 5.92 Å². The maximum absolute atomic E-state index is 13.4. The molecule has 0 spiro atoms. The summed E-state index contributed by atoms with van der Waals surface area (Å²) < 4.78 is 32.1. The van der Waals surface area contributed by atoms with Gasteiger partial charge in [0.15, 0.2) is 12.5 Å². The molecule has 0 aromatic carbocycles. The summed E-state index contributed by atoms with van der Waals surface area (Å²) in [5.41, 5.74) is 0.267. The monoisotopic (exact) mass is 438 g/mol. The number of aliphatic imine (C=N–C) groups is 2. The van der Waals surface area contributed by atoms with Crippen molar-refractivity contribution >= 4 is 18.2 Å². The molecule has 0 amide bonds. The van der Waals surface area contributed by atoms with E-state index >= 15 is 0 Å². The number of alkyl halides is 2. The van der Waals surface area contributed by atoms with E-state index < -0.39 is 31.1 Å². The van der Waals surface area contributed by atoms with Crippen LogP contribution >= 0.6 is 0 Å². The molecule has 10 nitrogen and oxygen atoms in total. The number of allylic oxidation sites excluding steroid dienone is 1. The molecule has 2 heterocycles. The lowest BCUT2D eigenvalue weighted by Gasteiger charge is -2.44. The highest BCUT2D eigenvalue weighted by atomic mass is 19.3. The van der Waals surface area contributed by atoms with E-state index in [1.807, 2.05) is 19.1 Å². The van der Waals surface area contributed by atoms with E-state index in [4.69, 9.17) is 10.6 Å². The summed E-state index contributed by atoms with van der Waals surface area (Å²) in [4.78, 5) is 21.9. The van der Waals surface area contributed by atoms with Crippen LogP contribution in [0.25, 0.3) is 0 Å². The Kier molecular flexibility index (Phi) is 7.36. The predicted octanol–water partition coefficient (Wildman–Crippen LogP) is -0.292. The second kappa shape index (κ2) is 9.98. The maximum atomic E-state index is 13.4. The minimum Gasteiger partial charge on any atom is -0.360 e. The van der Waals surface area contributed by atoms with Crippen molar-refractivity contribution in [2.75, 3.05) is 33.1 Å². The van der Waals surface area contributed by atoms with Gasteiger partial charge >= 0.3 is 0 Å². The van der Waals surface area contributed by atoms with E-state index in [9.17, 15) is 13.6 Å². The fourth-order valence-electron chi connectivity index (χ4n) is 2.96. The molecule has 2 unspecified atom stereocenters. The SMILES string of the molecule is C=CC(/C=C(/C=O)NCOCNCC)C1N=C(N2CC(F)(F)C2)NC(=NC2C=C2)N1N. The second-order valence-electron chi connectivity index (χ2n) is 7.26.